The first-order valence-corrected chi connectivity index (χ1v) is 4.01. The summed E-state index contributed by atoms with van der Waals surface area (Å²) in [5.74, 6) is 0.906. The van der Waals surface area contributed by atoms with E-state index < -0.39 is 0 Å². The second-order valence-corrected chi connectivity index (χ2v) is 2.98. The van der Waals surface area contributed by atoms with E-state index in [-0.39, 0.29) is 0 Å². The fourth-order valence-corrected chi connectivity index (χ4v) is 0.998. The molecule has 0 spiro atoms. The zero-order valence-corrected chi connectivity index (χ0v) is 6.38. The Kier molecular flexibility index (Phi) is 1.76. The zero-order valence-electron chi connectivity index (χ0n) is 6.38. The van der Waals surface area contributed by atoms with Gasteiger partial charge in [-0.05, 0) is 24.8 Å². The maximum absolute atomic E-state index is 3.99. The number of anilines is 1. The van der Waals surface area contributed by atoms with Crippen LogP contribution in [0, 0.1) is 12.0 Å². The molecular weight excluding hydrogens is 136 g/mol. The summed E-state index contributed by atoms with van der Waals surface area (Å²) in [7, 11) is 0. The molecule has 0 saturated heterocycles. The molecule has 0 aromatic carbocycles. The fraction of sp³-hybridized carbons (Fsp3) is 0.444. The standard InChI is InChI=1S/C9H11N2/c1-2-9(7-10-5-1)11-6-8-3-4-8/h1,5,7-8,11H,3-4,6H2. The van der Waals surface area contributed by atoms with Crippen LogP contribution < -0.4 is 5.32 Å². The molecule has 1 aromatic heterocycles. The zero-order chi connectivity index (χ0) is 7.52. The second kappa shape index (κ2) is 2.91. The van der Waals surface area contributed by atoms with Crippen molar-refractivity contribution < 1.29 is 0 Å². The summed E-state index contributed by atoms with van der Waals surface area (Å²) in [6, 6.07) is 4.91. The molecule has 57 valence electrons. The predicted molar refractivity (Wildman–Crippen MR) is 44.3 cm³/mol. The molecule has 0 bridgehead atoms. The first kappa shape index (κ1) is 6.65. The summed E-state index contributed by atoms with van der Waals surface area (Å²) in [6.45, 7) is 1.09. The van der Waals surface area contributed by atoms with Crippen molar-refractivity contribution in [2.75, 3.05) is 11.9 Å². The van der Waals surface area contributed by atoms with Gasteiger partial charge in [-0.2, -0.15) is 0 Å². The Bertz CT molecular complexity index is 216. The molecule has 1 aliphatic carbocycles. The van der Waals surface area contributed by atoms with Gasteiger partial charge in [-0.1, -0.05) is 0 Å². The van der Waals surface area contributed by atoms with E-state index in [1.165, 1.54) is 12.8 Å². The molecule has 2 heteroatoms. The molecule has 0 atom stereocenters. The summed E-state index contributed by atoms with van der Waals surface area (Å²) in [5, 5.41) is 3.29. The molecule has 0 amide bonds. The van der Waals surface area contributed by atoms with Crippen molar-refractivity contribution in [1.82, 2.24) is 4.98 Å². The molecule has 1 heterocycles. The Morgan fingerprint density at radius 3 is 3.18 bits per heavy atom. The average molecular weight is 147 g/mol. The molecule has 1 N–H and O–H groups in total. The van der Waals surface area contributed by atoms with Crippen LogP contribution >= 0.6 is 0 Å². The van der Waals surface area contributed by atoms with Gasteiger partial charge in [0.25, 0.3) is 0 Å². The van der Waals surface area contributed by atoms with Gasteiger partial charge in [0.05, 0.1) is 11.9 Å². The van der Waals surface area contributed by atoms with E-state index in [0.717, 1.165) is 18.2 Å². The van der Waals surface area contributed by atoms with Gasteiger partial charge in [0.15, 0.2) is 0 Å². The summed E-state index contributed by atoms with van der Waals surface area (Å²) in [6.07, 6.45) is 6.31. The minimum absolute atomic E-state index is 0.906. The molecule has 0 aliphatic heterocycles. The maximum atomic E-state index is 3.99. The molecule has 1 radical (unpaired) electrons. The van der Waals surface area contributed by atoms with Crippen LogP contribution in [-0.2, 0) is 0 Å². The molecule has 1 aromatic rings. The van der Waals surface area contributed by atoms with E-state index in [1.54, 1.807) is 6.20 Å². The summed E-state index contributed by atoms with van der Waals surface area (Å²) < 4.78 is 0. The van der Waals surface area contributed by atoms with E-state index in [0.29, 0.717) is 0 Å². The quantitative estimate of drug-likeness (QED) is 0.704. The third kappa shape index (κ3) is 1.93. The normalized spacial score (nSPS) is 16.4. The fourth-order valence-electron chi connectivity index (χ4n) is 0.998. The van der Waals surface area contributed by atoms with Gasteiger partial charge in [-0.25, -0.2) is 0 Å². The first-order chi connectivity index (χ1) is 5.45. The largest absolute Gasteiger partial charge is 0.383 e. The van der Waals surface area contributed by atoms with Crippen LogP contribution in [0.25, 0.3) is 0 Å². The van der Waals surface area contributed by atoms with Crippen molar-refractivity contribution in [2.24, 2.45) is 5.92 Å². The van der Waals surface area contributed by atoms with E-state index in [2.05, 4.69) is 16.4 Å². The smallest absolute Gasteiger partial charge is 0.0607 e. The minimum Gasteiger partial charge on any atom is -0.383 e. The molecule has 0 unspecified atom stereocenters. The Morgan fingerprint density at radius 2 is 2.55 bits per heavy atom. The van der Waals surface area contributed by atoms with Gasteiger partial charge < -0.3 is 5.32 Å². The Hall–Kier alpha value is -1.05. The van der Waals surface area contributed by atoms with Crippen LogP contribution in [0.15, 0.2) is 18.5 Å². The molecule has 2 rings (SSSR count). The van der Waals surface area contributed by atoms with E-state index in [4.69, 9.17) is 0 Å². The molecule has 1 saturated carbocycles. The van der Waals surface area contributed by atoms with Crippen LogP contribution in [0.1, 0.15) is 12.8 Å². The third-order valence-corrected chi connectivity index (χ3v) is 1.88. The van der Waals surface area contributed by atoms with Gasteiger partial charge in [0, 0.05) is 18.8 Å². The number of hydrogen-bond donors (Lipinski definition) is 1. The molecular formula is C9H11N2. The van der Waals surface area contributed by atoms with Crippen molar-refractivity contribution >= 4 is 5.69 Å². The van der Waals surface area contributed by atoms with Gasteiger partial charge in [-0.3, -0.25) is 4.98 Å². The van der Waals surface area contributed by atoms with Gasteiger partial charge >= 0.3 is 0 Å². The van der Waals surface area contributed by atoms with Gasteiger partial charge in [0.2, 0.25) is 0 Å². The van der Waals surface area contributed by atoms with Crippen molar-refractivity contribution in [2.45, 2.75) is 12.8 Å². The lowest BCUT2D eigenvalue weighted by molar-refractivity contribution is 0.888. The molecule has 1 fully saturated rings. The highest BCUT2D eigenvalue weighted by Gasteiger charge is 2.20. The lowest BCUT2D eigenvalue weighted by Gasteiger charge is -2.01. The maximum Gasteiger partial charge on any atom is 0.0607 e. The highest BCUT2D eigenvalue weighted by Crippen LogP contribution is 2.28. The van der Waals surface area contributed by atoms with Crippen molar-refractivity contribution in [1.29, 1.82) is 0 Å². The van der Waals surface area contributed by atoms with Crippen molar-refractivity contribution in [3.8, 4) is 0 Å². The number of nitrogens with one attached hydrogen (secondary N) is 1. The summed E-state index contributed by atoms with van der Waals surface area (Å²) in [4.78, 5) is 3.99. The van der Waals surface area contributed by atoms with Crippen molar-refractivity contribution in [3.63, 3.8) is 0 Å². The Balaban J connectivity index is 1.85. The van der Waals surface area contributed by atoms with Crippen LogP contribution in [-0.4, -0.2) is 11.5 Å². The number of nitrogens with zero attached hydrogens (tertiary/aromatic N) is 1. The van der Waals surface area contributed by atoms with Crippen LogP contribution in [0.2, 0.25) is 0 Å². The van der Waals surface area contributed by atoms with E-state index >= 15 is 0 Å². The topological polar surface area (TPSA) is 24.9 Å². The predicted octanol–water partition coefficient (Wildman–Crippen LogP) is 1.70. The SMILES string of the molecule is [c]1ccncc1NCC1CC1. The van der Waals surface area contributed by atoms with Crippen molar-refractivity contribution in [3.05, 3.63) is 24.5 Å². The summed E-state index contributed by atoms with van der Waals surface area (Å²) >= 11 is 0. The highest BCUT2D eigenvalue weighted by atomic mass is 14.9. The highest BCUT2D eigenvalue weighted by molar-refractivity contribution is 5.38. The number of pyridine rings is 1. The number of hydrogen-bond acceptors (Lipinski definition) is 2. The van der Waals surface area contributed by atoms with Gasteiger partial charge in [0.1, 0.15) is 0 Å². The van der Waals surface area contributed by atoms with E-state index in [9.17, 15) is 0 Å². The third-order valence-electron chi connectivity index (χ3n) is 1.88. The van der Waals surface area contributed by atoms with E-state index in [1.807, 2.05) is 12.3 Å². The Morgan fingerprint density at radius 1 is 1.64 bits per heavy atom. The molecule has 11 heavy (non-hydrogen) atoms. The molecule has 1 aliphatic rings. The first-order valence-electron chi connectivity index (χ1n) is 4.01. The number of rotatable bonds is 3. The summed E-state index contributed by atoms with van der Waals surface area (Å²) in [5.41, 5.74) is 1.01. The Labute approximate surface area is 66.7 Å². The molecule has 2 nitrogen and oxygen atoms in total. The monoisotopic (exact) mass is 147 g/mol. The minimum atomic E-state index is 0.906. The van der Waals surface area contributed by atoms with Crippen LogP contribution in [0.3, 0.4) is 0 Å². The van der Waals surface area contributed by atoms with Crippen LogP contribution in [0.5, 0.6) is 0 Å². The average Bonchev–Trinajstić information content (AvgIpc) is 2.86. The second-order valence-electron chi connectivity index (χ2n) is 2.98. The number of aromatic nitrogens is 1. The van der Waals surface area contributed by atoms with Gasteiger partial charge in [-0.15, -0.1) is 0 Å². The lowest BCUT2D eigenvalue weighted by Crippen LogP contribution is -2.02. The lowest BCUT2D eigenvalue weighted by atomic mass is 10.4. The van der Waals surface area contributed by atoms with Crippen LogP contribution in [0.4, 0.5) is 5.69 Å².